The van der Waals surface area contributed by atoms with Crippen molar-refractivity contribution in [3.63, 3.8) is 0 Å². The Bertz CT molecular complexity index is 2300. The number of carbonyl (C=O) groups excluding carboxylic acids is 2. The number of carboxylic acids is 1. The van der Waals surface area contributed by atoms with E-state index in [2.05, 4.69) is 27.7 Å². The molecule has 2 unspecified atom stereocenters. The first-order valence-corrected chi connectivity index (χ1v) is 21.6. The van der Waals surface area contributed by atoms with Crippen LogP contribution in [0.1, 0.15) is 105 Å². The quantitative estimate of drug-likeness (QED) is 0.0999. The molecule has 10 heteroatoms. The number of amides is 2. The van der Waals surface area contributed by atoms with Crippen molar-refractivity contribution in [1.29, 1.82) is 10.5 Å². The van der Waals surface area contributed by atoms with Crippen molar-refractivity contribution in [3.05, 3.63) is 110 Å². The minimum absolute atomic E-state index is 0.0457. The normalized spacial score (nSPS) is 14.8. The number of rotatable bonds is 18. The van der Waals surface area contributed by atoms with Gasteiger partial charge in [0, 0.05) is 27.7 Å². The van der Waals surface area contributed by atoms with Crippen LogP contribution in [-0.4, -0.2) is 45.8 Å². The van der Waals surface area contributed by atoms with Crippen LogP contribution in [0.15, 0.2) is 89.5 Å². The monoisotopic (exact) mass is 796 g/mol. The molecule has 2 aromatic carbocycles. The Morgan fingerprint density at radius 3 is 1.51 bits per heavy atom. The van der Waals surface area contributed by atoms with Crippen LogP contribution in [0.3, 0.4) is 0 Å². The molecular formula is C47H48N4O4S2. The first-order valence-electron chi connectivity index (χ1n) is 19.9. The Morgan fingerprint density at radius 2 is 1.11 bits per heavy atom. The van der Waals surface area contributed by atoms with Gasteiger partial charge in [0.05, 0.1) is 22.5 Å². The lowest BCUT2D eigenvalue weighted by molar-refractivity contribution is -0.124. The van der Waals surface area contributed by atoms with Crippen LogP contribution in [0.5, 0.6) is 0 Å². The van der Waals surface area contributed by atoms with Crippen molar-refractivity contribution in [2.75, 3.05) is 13.1 Å². The summed E-state index contributed by atoms with van der Waals surface area (Å²) in [7, 11) is 0. The number of fused-ring (bicyclic) bond motifs is 1. The summed E-state index contributed by atoms with van der Waals surface area (Å²) in [5, 5.41) is 27.9. The van der Waals surface area contributed by atoms with Gasteiger partial charge >= 0.3 is 5.97 Å². The summed E-state index contributed by atoms with van der Waals surface area (Å²) in [6, 6.07) is 26.9. The minimum atomic E-state index is -0.960. The summed E-state index contributed by atoms with van der Waals surface area (Å²) < 4.78 is 0. The van der Waals surface area contributed by atoms with Gasteiger partial charge in [0.25, 0.3) is 11.8 Å². The Balaban J connectivity index is 1.48. The molecule has 0 saturated carbocycles. The van der Waals surface area contributed by atoms with E-state index in [4.69, 9.17) is 0 Å². The maximum atomic E-state index is 15.0. The summed E-state index contributed by atoms with van der Waals surface area (Å²) in [4.78, 5) is 48.2. The van der Waals surface area contributed by atoms with Crippen molar-refractivity contribution in [3.8, 4) is 33.0 Å². The van der Waals surface area contributed by atoms with Crippen LogP contribution in [-0.2, 0) is 9.59 Å². The molecule has 8 nitrogen and oxygen atoms in total. The number of thiophene rings is 2. The third-order valence-electron chi connectivity index (χ3n) is 11.0. The molecule has 0 aliphatic carbocycles. The van der Waals surface area contributed by atoms with Gasteiger partial charge in [-0.2, -0.15) is 10.5 Å². The van der Waals surface area contributed by atoms with Crippen molar-refractivity contribution in [2.24, 2.45) is 11.8 Å². The van der Waals surface area contributed by atoms with E-state index in [-0.39, 0.29) is 34.1 Å². The van der Waals surface area contributed by atoms with Crippen LogP contribution < -0.4 is 0 Å². The molecule has 0 spiro atoms. The average Bonchev–Trinajstić information content (AvgIpc) is 4.03. The molecule has 0 fully saturated rings. The van der Waals surface area contributed by atoms with Gasteiger partial charge in [-0.1, -0.05) is 115 Å². The highest BCUT2D eigenvalue weighted by atomic mass is 32.1. The number of benzene rings is 2. The smallest absolute Gasteiger partial charge is 0.345 e. The first kappa shape index (κ1) is 41.1. The molecule has 2 atom stereocenters. The Kier molecular flexibility index (Phi) is 13.4. The highest BCUT2D eigenvalue weighted by Gasteiger charge is 2.49. The lowest BCUT2D eigenvalue weighted by atomic mass is 9.97. The topological polar surface area (TPSA) is 126 Å². The van der Waals surface area contributed by atoms with Crippen LogP contribution in [0.4, 0.5) is 0 Å². The highest BCUT2D eigenvalue weighted by Crippen LogP contribution is 2.48. The van der Waals surface area contributed by atoms with Crippen LogP contribution in [0.25, 0.3) is 38.4 Å². The summed E-state index contributed by atoms with van der Waals surface area (Å²) in [5.74, 6) is -0.737. The largest absolute Gasteiger partial charge is 0.477 e. The molecule has 2 amide bonds. The molecule has 6 rings (SSSR count). The molecule has 292 valence electrons. The number of nitriles is 2. The number of carbonyl (C=O) groups is 3. The molecule has 2 aromatic heterocycles. The van der Waals surface area contributed by atoms with Gasteiger partial charge in [-0.05, 0) is 77.3 Å². The average molecular weight is 797 g/mol. The second-order valence-corrected chi connectivity index (χ2v) is 16.9. The summed E-state index contributed by atoms with van der Waals surface area (Å²) in [6.45, 7) is 9.70. The number of unbranched alkanes of at least 4 members (excludes halogenated alkanes) is 2. The van der Waals surface area contributed by atoms with E-state index in [0.29, 0.717) is 35.6 Å². The fourth-order valence-corrected chi connectivity index (χ4v) is 9.51. The summed E-state index contributed by atoms with van der Waals surface area (Å²) in [6.07, 6.45) is 9.62. The Hall–Kier alpha value is -5.55. The molecule has 57 heavy (non-hydrogen) atoms. The number of allylic oxidation sites excluding steroid dienone is 1. The fraction of sp³-hybridized carbons (Fsp3) is 0.340. The number of carboxylic acid groups (broad SMARTS) is 1. The Morgan fingerprint density at radius 1 is 0.667 bits per heavy atom. The first-order chi connectivity index (χ1) is 27.6. The van der Waals surface area contributed by atoms with E-state index in [1.807, 2.05) is 88.7 Å². The van der Waals surface area contributed by atoms with Gasteiger partial charge in [-0.3, -0.25) is 9.59 Å². The number of nitrogens with zero attached hydrogens (tertiary/aromatic N) is 4. The predicted molar refractivity (Wildman–Crippen MR) is 230 cm³/mol. The maximum Gasteiger partial charge on any atom is 0.345 e. The zero-order chi connectivity index (χ0) is 40.6. The van der Waals surface area contributed by atoms with Gasteiger partial charge < -0.3 is 14.9 Å². The van der Waals surface area contributed by atoms with Crippen molar-refractivity contribution in [2.45, 2.75) is 79.1 Å². The molecule has 0 radical (unpaired) electrons. The highest BCUT2D eigenvalue weighted by molar-refractivity contribution is 7.17. The van der Waals surface area contributed by atoms with Gasteiger partial charge in [-0.25, -0.2) is 4.79 Å². The van der Waals surface area contributed by atoms with Gasteiger partial charge in [-0.15, -0.1) is 22.7 Å². The van der Waals surface area contributed by atoms with E-state index in [1.54, 1.807) is 12.1 Å². The number of hydrogen-bond acceptors (Lipinski definition) is 7. The summed E-state index contributed by atoms with van der Waals surface area (Å²) in [5.41, 5.74) is 5.65. The van der Waals surface area contributed by atoms with E-state index in [1.165, 1.54) is 22.7 Å². The lowest BCUT2D eigenvalue weighted by Crippen LogP contribution is -2.34. The Labute approximate surface area is 343 Å². The van der Waals surface area contributed by atoms with Gasteiger partial charge in [0.1, 0.15) is 22.6 Å². The van der Waals surface area contributed by atoms with Crippen molar-refractivity contribution >= 4 is 57.9 Å². The second-order valence-electron chi connectivity index (χ2n) is 14.7. The zero-order valence-corrected chi connectivity index (χ0v) is 34.6. The zero-order valence-electron chi connectivity index (χ0n) is 33.0. The van der Waals surface area contributed by atoms with Crippen molar-refractivity contribution in [1.82, 2.24) is 9.80 Å². The lowest BCUT2D eigenvalue weighted by Gasteiger charge is -2.29. The molecule has 2 aliphatic rings. The SMILES string of the molecule is CCCCC(CC)CN1C(=O)C2=C(c3ccc(-c4ccc(C(=O)O)s4)cc3)N(CC(CC)CCCC)C(=O)C2=C1c1ccc(-c2ccc(C=C(C#N)C#N)s2)cc1. The van der Waals surface area contributed by atoms with E-state index in [9.17, 15) is 20.4 Å². The number of aromatic carboxylic acids is 1. The van der Waals surface area contributed by atoms with E-state index in [0.717, 1.165) is 88.3 Å². The standard InChI is InChI=1S/C47H48N4O4S2/c1-5-9-11-30(7-3)28-50-43(35-17-13-33(14-18-35)38-22-21-37(56-38)25-32(26-48)27-49)41-42(46(50)53)44(51(45(41)52)29-31(8-4)12-10-6-2)36-19-15-34(16-20-36)39-23-24-40(57-39)47(54)55/h13-25,30-31H,5-12,28-29H2,1-4H3,(H,54,55). The van der Waals surface area contributed by atoms with Crippen molar-refractivity contribution < 1.29 is 19.5 Å². The third-order valence-corrected chi connectivity index (χ3v) is 13.2. The molecule has 0 saturated heterocycles. The fourth-order valence-electron chi connectivity index (χ4n) is 7.71. The second kappa shape index (κ2) is 18.6. The van der Waals surface area contributed by atoms with Crippen LogP contribution in [0.2, 0.25) is 0 Å². The molecule has 2 aliphatic heterocycles. The maximum absolute atomic E-state index is 15.0. The van der Waals surface area contributed by atoms with Crippen LogP contribution in [0, 0.1) is 34.5 Å². The van der Waals surface area contributed by atoms with Gasteiger partial charge in [0.15, 0.2) is 0 Å². The third kappa shape index (κ3) is 8.73. The molecular weight excluding hydrogens is 749 g/mol. The van der Waals surface area contributed by atoms with Gasteiger partial charge in [0.2, 0.25) is 0 Å². The molecule has 0 bridgehead atoms. The molecule has 1 N–H and O–H groups in total. The van der Waals surface area contributed by atoms with E-state index >= 15 is 9.59 Å². The molecule has 4 heterocycles. The van der Waals surface area contributed by atoms with Crippen LogP contribution >= 0.6 is 22.7 Å². The predicted octanol–water partition coefficient (Wildman–Crippen LogP) is 11.5. The minimum Gasteiger partial charge on any atom is -0.477 e. The van der Waals surface area contributed by atoms with E-state index < -0.39 is 5.97 Å². The number of hydrogen-bond donors (Lipinski definition) is 1. The summed E-state index contributed by atoms with van der Waals surface area (Å²) >= 11 is 2.70. The molecule has 4 aromatic rings.